The fraction of sp³-hybridized carbons (Fsp3) is 0.302. The molecule has 61 heavy (non-hydrogen) atoms. The summed E-state index contributed by atoms with van der Waals surface area (Å²) in [5.74, 6) is -2.46. The lowest BCUT2D eigenvalue weighted by Gasteiger charge is -2.43. The first-order chi connectivity index (χ1) is 28.7. The number of isothiocyanates is 1. The third kappa shape index (κ3) is 9.56. The number of aromatic nitrogens is 2. The molecule has 0 atom stereocenters. The Morgan fingerprint density at radius 3 is 1.82 bits per heavy atom. The molecule has 0 unspecified atom stereocenters. The van der Waals surface area contributed by atoms with Crippen molar-refractivity contribution in [2.45, 2.75) is 70.9 Å². The van der Waals surface area contributed by atoms with Crippen molar-refractivity contribution in [2.24, 2.45) is 4.99 Å². The lowest BCUT2D eigenvalue weighted by Crippen LogP contribution is -2.55. The number of benzene rings is 2. The van der Waals surface area contributed by atoms with Crippen molar-refractivity contribution in [2.75, 3.05) is 29.2 Å². The van der Waals surface area contributed by atoms with E-state index in [0.29, 0.717) is 46.8 Å². The highest BCUT2D eigenvalue weighted by molar-refractivity contribution is 7.81. The van der Waals surface area contributed by atoms with Crippen LogP contribution in [-0.4, -0.2) is 63.1 Å². The first kappa shape index (κ1) is 46.7. The van der Waals surface area contributed by atoms with Crippen LogP contribution in [0.3, 0.4) is 0 Å². The number of thiocarbonyl (C=S) groups is 2. The van der Waals surface area contributed by atoms with Gasteiger partial charge in [-0.25, -0.2) is 18.7 Å². The molecular formula is C43H41F2N11O3S2. The van der Waals surface area contributed by atoms with Crippen LogP contribution in [0.4, 0.5) is 31.5 Å². The number of hydrogen-bond acceptors (Lipinski definition) is 12. The van der Waals surface area contributed by atoms with Crippen LogP contribution in [0.15, 0.2) is 65.9 Å². The number of nitrogens with one attached hydrogen (secondary N) is 3. The van der Waals surface area contributed by atoms with Crippen molar-refractivity contribution in [3.8, 4) is 18.2 Å². The van der Waals surface area contributed by atoms with Crippen molar-refractivity contribution < 1.29 is 23.2 Å². The fourth-order valence-corrected chi connectivity index (χ4v) is 7.32. The summed E-state index contributed by atoms with van der Waals surface area (Å²) >= 11 is 10.1. The minimum Gasteiger partial charge on any atom is -0.367 e. The number of nitriles is 3. The zero-order chi connectivity index (χ0) is 43.8. The maximum absolute atomic E-state index is 14.6. The van der Waals surface area contributed by atoms with Gasteiger partial charge in [0.2, 0.25) is 0 Å². The summed E-state index contributed by atoms with van der Waals surface area (Å²) in [7, 11) is 2.88. The van der Waals surface area contributed by atoms with Gasteiger partial charge in [0.05, 0.1) is 46.1 Å². The number of anilines is 3. The maximum Gasteiger partial charge on any atom is 0.259 e. The summed E-state index contributed by atoms with van der Waals surface area (Å²) in [5.41, 5.74) is 2.64. The molecule has 18 heteroatoms. The highest BCUT2D eigenvalue weighted by Crippen LogP contribution is 2.48. The second-order valence-electron chi connectivity index (χ2n) is 14.0. The summed E-state index contributed by atoms with van der Waals surface area (Å²) in [6.45, 7) is 3.54. The number of nitrogens with zero attached hydrogens (tertiary/aromatic N) is 8. The van der Waals surface area contributed by atoms with E-state index in [-0.39, 0.29) is 35.3 Å². The average Bonchev–Trinajstić information content (AvgIpc) is 3.45. The second kappa shape index (κ2) is 19.8. The van der Waals surface area contributed by atoms with E-state index in [4.69, 9.17) is 28.0 Å². The monoisotopic (exact) mass is 861 g/mol. The van der Waals surface area contributed by atoms with E-state index in [2.05, 4.69) is 54.4 Å². The van der Waals surface area contributed by atoms with Gasteiger partial charge in [-0.05, 0) is 136 Å². The van der Waals surface area contributed by atoms with Crippen LogP contribution in [0.5, 0.6) is 0 Å². The molecular weight excluding hydrogens is 821 g/mol. The Kier molecular flexibility index (Phi) is 15.2. The molecule has 2 saturated carbocycles. The van der Waals surface area contributed by atoms with E-state index in [9.17, 15) is 23.2 Å². The first-order valence-corrected chi connectivity index (χ1v) is 19.3. The lowest BCUT2D eigenvalue weighted by molar-refractivity contribution is -0.123. The SMILES string of the molecule is C.CNC(=O)c1ccc(N2C(=S)N(c3cnc(C#N)c(C)c3)C(=O)C23CCC3)cc1F.CNC(=O)c1ccc(NC2(C#N)CCC2)cc1F.Cc1cc(N=C=S)cnc1C#N. The molecule has 3 aliphatic rings. The number of aliphatic imine (C=N–C) groups is 1. The minimum atomic E-state index is -0.875. The van der Waals surface area contributed by atoms with Gasteiger partial charge in [-0.1, -0.05) is 7.43 Å². The van der Waals surface area contributed by atoms with E-state index in [1.165, 1.54) is 55.7 Å². The Morgan fingerprint density at radius 1 is 0.820 bits per heavy atom. The highest BCUT2D eigenvalue weighted by Gasteiger charge is 2.59. The Balaban J connectivity index is 0.000000224. The highest BCUT2D eigenvalue weighted by atomic mass is 32.1. The molecule has 1 aliphatic heterocycles. The summed E-state index contributed by atoms with van der Waals surface area (Å²) in [4.78, 5) is 51.4. The number of hydrogen-bond donors (Lipinski definition) is 3. The number of halogens is 2. The number of carbonyl (C=O) groups excluding carboxylic acids is 3. The minimum absolute atomic E-state index is 0. The largest absolute Gasteiger partial charge is 0.367 e. The summed E-state index contributed by atoms with van der Waals surface area (Å²) < 4.78 is 28.3. The Hall–Kier alpha value is -7.03. The third-order valence-corrected chi connectivity index (χ3v) is 10.7. The van der Waals surface area contributed by atoms with Gasteiger partial charge in [-0.2, -0.15) is 20.8 Å². The molecule has 14 nitrogen and oxygen atoms in total. The van der Waals surface area contributed by atoms with Crippen LogP contribution in [-0.2, 0) is 4.79 Å². The van der Waals surface area contributed by atoms with Crippen LogP contribution < -0.4 is 25.8 Å². The van der Waals surface area contributed by atoms with Gasteiger partial charge in [-0.15, -0.1) is 0 Å². The van der Waals surface area contributed by atoms with Gasteiger partial charge in [0, 0.05) is 25.5 Å². The zero-order valence-electron chi connectivity index (χ0n) is 32.9. The van der Waals surface area contributed by atoms with Gasteiger partial charge in [-0.3, -0.25) is 19.3 Å². The standard InChI is InChI=1S/C21H18FN5O2S.C13H14FN3O.C8H5N3S.CH4/c1-12-8-14(11-25-17(12)10-23)26-19(29)21(6-3-7-21)27(20(26)30)13-4-5-15(16(22)9-13)18(28)24-2;1-16-12(18)10-4-3-9(7-11(10)14)17-13(8-15)5-2-6-13;1-6-2-7(11-5-12)4-10-8(6)3-9;/h4-5,8-9,11H,3,6-7H2,1-2H3,(H,24,28);3-4,7,17H,2,5-6H2,1H3,(H,16,18);2,4H,1H3;1H4. The molecule has 3 fully saturated rings. The van der Waals surface area contributed by atoms with Gasteiger partial charge < -0.3 is 20.9 Å². The lowest BCUT2D eigenvalue weighted by atomic mass is 9.75. The molecule has 2 aliphatic carbocycles. The average molecular weight is 862 g/mol. The van der Waals surface area contributed by atoms with E-state index in [1.807, 2.05) is 12.1 Å². The molecule has 2 aromatic heterocycles. The molecule has 1 saturated heterocycles. The first-order valence-electron chi connectivity index (χ1n) is 18.4. The smallest absolute Gasteiger partial charge is 0.259 e. The molecule has 7 rings (SSSR count). The van der Waals surface area contributed by atoms with E-state index in [0.717, 1.165) is 31.2 Å². The predicted octanol–water partition coefficient (Wildman–Crippen LogP) is 7.50. The Morgan fingerprint density at radius 2 is 1.38 bits per heavy atom. The molecule has 3 N–H and O–H groups in total. The van der Waals surface area contributed by atoms with Crippen molar-refractivity contribution in [1.29, 1.82) is 15.8 Å². The molecule has 0 radical (unpaired) electrons. The van der Waals surface area contributed by atoms with Crippen LogP contribution >= 0.6 is 24.4 Å². The molecule has 312 valence electrons. The summed E-state index contributed by atoms with van der Waals surface area (Å²) in [6, 6.07) is 18.1. The predicted molar refractivity (Wildman–Crippen MR) is 233 cm³/mol. The normalized spacial score (nSPS) is 14.9. The number of amides is 3. The van der Waals surface area contributed by atoms with Gasteiger partial charge >= 0.3 is 0 Å². The van der Waals surface area contributed by atoms with E-state index < -0.39 is 34.5 Å². The van der Waals surface area contributed by atoms with Crippen molar-refractivity contribution in [3.63, 3.8) is 0 Å². The van der Waals surface area contributed by atoms with Crippen molar-refractivity contribution in [1.82, 2.24) is 20.6 Å². The number of pyridine rings is 2. The quantitative estimate of drug-likeness (QED) is 0.122. The molecule has 2 aromatic carbocycles. The maximum atomic E-state index is 14.6. The van der Waals surface area contributed by atoms with E-state index in [1.54, 1.807) is 43.0 Å². The van der Waals surface area contributed by atoms with Crippen LogP contribution in [0.2, 0.25) is 0 Å². The number of aryl methyl sites for hydroxylation is 2. The van der Waals surface area contributed by atoms with Gasteiger partial charge in [0.15, 0.2) is 5.11 Å². The Bertz CT molecular complexity index is 2570. The number of rotatable bonds is 7. The third-order valence-electron chi connectivity index (χ3n) is 10.3. The number of carbonyl (C=O) groups is 3. The van der Waals surface area contributed by atoms with Crippen LogP contribution in [0, 0.1) is 59.5 Å². The zero-order valence-corrected chi connectivity index (χ0v) is 34.5. The topological polar surface area (TPSA) is 203 Å². The second-order valence-corrected chi connectivity index (χ2v) is 14.5. The molecule has 3 heterocycles. The van der Waals surface area contributed by atoms with Crippen molar-refractivity contribution >= 4 is 75.2 Å². The molecule has 4 aromatic rings. The Labute approximate surface area is 362 Å². The summed E-state index contributed by atoms with van der Waals surface area (Å²) in [5, 5.41) is 37.0. The van der Waals surface area contributed by atoms with Crippen LogP contribution in [0.25, 0.3) is 0 Å². The fourth-order valence-electron chi connectivity index (χ4n) is 6.74. The van der Waals surface area contributed by atoms with Crippen molar-refractivity contribution in [3.05, 3.63) is 106 Å². The summed E-state index contributed by atoms with van der Waals surface area (Å²) in [6.07, 6.45) is 7.49. The molecule has 3 amide bonds. The van der Waals surface area contributed by atoms with Gasteiger partial charge in [0.25, 0.3) is 17.7 Å². The molecule has 1 spiro atoms. The molecule has 0 bridgehead atoms. The van der Waals surface area contributed by atoms with Crippen LogP contribution in [0.1, 0.15) is 89.2 Å². The van der Waals surface area contributed by atoms with E-state index >= 15 is 0 Å². The van der Waals surface area contributed by atoms with Gasteiger partial charge in [0.1, 0.15) is 46.2 Å².